The number of hydrogen-bond acceptors (Lipinski definition) is 4. The number of hydrogen-bond donors (Lipinski definition) is 3. The van der Waals surface area contributed by atoms with Crippen molar-refractivity contribution >= 4 is 17.5 Å². The molecule has 1 spiro atoms. The highest BCUT2D eigenvalue weighted by Gasteiger charge is 2.55. The van der Waals surface area contributed by atoms with E-state index in [1.54, 1.807) is 0 Å². The average molecular weight is 348 g/mol. The fourth-order valence-electron chi connectivity index (χ4n) is 4.21. The number of fused-ring (bicyclic) bond motifs is 1. The quantitative estimate of drug-likeness (QED) is 0.753. The number of nitrogens with one attached hydrogen (secondary N) is 2. The van der Waals surface area contributed by atoms with Crippen molar-refractivity contribution < 1.29 is 23.8 Å². The molecule has 1 aliphatic carbocycles. The largest absolute Gasteiger partial charge is 0.392 e. The average Bonchev–Trinajstić information content (AvgIpc) is 2.61. The van der Waals surface area contributed by atoms with Crippen molar-refractivity contribution in [2.75, 3.05) is 18.5 Å². The number of aliphatic hydroxyl groups excluding tert-OH is 1. The van der Waals surface area contributed by atoms with Crippen LogP contribution in [0.25, 0.3) is 0 Å². The normalized spacial score (nSPS) is 27.2. The maximum absolute atomic E-state index is 14.4. The molecule has 0 radical (unpaired) electrons. The van der Waals surface area contributed by atoms with Gasteiger partial charge in [0.25, 0.3) is 5.91 Å². The second kappa shape index (κ2) is 6.07. The maximum atomic E-state index is 14.4. The van der Waals surface area contributed by atoms with Gasteiger partial charge in [0.05, 0.1) is 11.7 Å². The van der Waals surface area contributed by atoms with Gasteiger partial charge in [0.1, 0.15) is 5.82 Å². The monoisotopic (exact) mass is 348 g/mol. The smallest absolute Gasteiger partial charge is 0.254 e. The number of ether oxygens (including phenoxy) is 1. The molecule has 1 aromatic rings. The van der Waals surface area contributed by atoms with Crippen LogP contribution in [0.2, 0.25) is 0 Å². The van der Waals surface area contributed by atoms with Crippen LogP contribution in [0.3, 0.4) is 0 Å². The first-order valence-electron chi connectivity index (χ1n) is 8.68. The van der Waals surface area contributed by atoms with Crippen molar-refractivity contribution in [1.29, 1.82) is 0 Å². The molecule has 2 atom stereocenters. The predicted octanol–water partition coefficient (Wildman–Crippen LogP) is 1.37. The van der Waals surface area contributed by atoms with E-state index in [0.29, 0.717) is 51.0 Å². The van der Waals surface area contributed by atoms with E-state index in [2.05, 4.69) is 10.6 Å². The SMILES string of the molecule is O=C1CCc2cc(C(=O)N[C@@H]3C[C@@H](O)C34CCOCC4)c(F)cc2N1. The van der Waals surface area contributed by atoms with E-state index in [0.717, 1.165) is 5.56 Å². The molecule has 0 bridgehead atoms. The maximum Gasteiger partial charge on any atom is 0.254 e. The van der Waals surface area contributed by atoms with Gasteiger partial charge in [-0.05, 0) is 43.4 Å². The molecule has 3 aliphatic rings. The molecule has 1 saturated heterocycles. The first kappa shape index (κ1) is 16.5. The van der Waals surface area contributed by atoms with Crippen LogP contribution in [0.15, 0.2) is 12.1 Å². The van der Waals surface area contributed by atoms with Crippen LogP contribution < -0.4 is 10.6 Å². The molecule has 2 fully saturated rings. The van der Waals surface area contributed by atoms with Gasteiger partial charge in [0, 0.05) is 36.8 Å². The first-order valence-corrected chi connectivity index (χ1v) is 8.68. The van der Waals surface area contributed by atoms with E-state index < -0.39 is 17.8 Å². The van der Waals surface area contributed by atoms with Crippen molar-refractivity contribution in [3.8, 4) is 0 Å². The summed E-state index contributed by atoms with van der Waals surface area (Å²) in [7, 11) is 0. The Morgan fingerprint density at radius 2 is 2.08 bits per heavy atom. The van der Waals surface area contributed by atoms with Crippen molar-refractivity contribution in [3.05, 3.63) is 29.1 Å². The van der Waals surface area contributed by atoms with Gasteiger partial charge in [-0.3, -0.25) is 9.59 Å². The molecule has 1 aromatic carbocycles. The van der Waals surface area contributed by atoms with Gasteiger partial charge in [-0.25, -0.2) is 4.39 Å². The van der Waals surface area contributed by atoms with Gasteiger partial charge in [-0.15, -0.1) is 0 Å². The molecule has 0 aromatic heterocycles. The molecular weight excluding hydrogens is 327 g/mol. The summed E-state index contributed by atoms with van der Waals surface area (Å²) in [6, 6.07) is 2.56. The van der Waals surface area contributed by atoms with E-state index in [1.165, 1.54) is 12.1 Å². The second-order valence-corrected chi connectivity index (χ2v) is 7.16. The van der Waals surface area contributed by atoms with Gasteiger partial charge in [-0.1, -0.05) is 0 Å². The topological polar surface area (TPSA) is 87.7 Å². The Hall–Kier alpha value is -1.99. The van der Waals surface area contributed by atoms with Crippen LogP contribution >= 0.6 is 0 Å². The molecule has 2 heterocycles. The van der Waals surface area contributed by atoms with Crippen LogP contribution in [0.4, 0.5) is 10.1 Å². The van der Waals surface area contributed by atoms with Gasteiger partial charge in [0.2, 0.25) is 5.91 Å². The molecular formula is C18H21FN2O4. The zero-order valence-electron chi connectivity index (χ0n) is 13.8. The minimum absolute atomic E-state index is 0.0153. The number of carbonyl (C=O) groups excluding carboxylic acids is 2. The highest BCUT2D eigenvalue weighted by atomic mass is 19.1. The minimum atomic E-state index is -0.653. The highest BCUT2D eigenvalue weighted by Crippen LogP contribution is 2.49. The van der Waals surface area contributed by atoms with Crippen LogP contribution in [-0.2, 0) is 16.0 Å². The molecule has 3 N–H and O–H groups in total. The summed E-state index contributed by atoms with van der Waals surface area (Å²) >= 11 is 0. The van der Waals surface area contributed by atoms with Crippen LogP contribution in [0.1, 0.15) is 41.6 Å². The minimum Gasteiger partial charge on any atom is -0.392 e. The third kappa shape index (κ3) is 2.71. The summed E-state index contributed by atoms with van der Waals surface area (Å²) in [5, 5.41) is 15.7. The van der Waals surface area contributed by atoms with Crippen LogP contribution in [0, 0.1) is 11.2 Å². The summed E-state index contributed by atoms with van der Waals surface area (Å²) in [6.07, 6.45) is 2.23. The zero-order chi connectivity index (χ0) is 17.6. The summed E-state index contributed by atoms with van der Waals surface area (Å²) < 4.78 is 19.7. The number of carbonyl (C=O) groups is 2. The Morgan fingerprint density at radius 3 is 2.80 bits per heavy atom. The third-order valence-corrected chi connectivity index (χ3v) is 5.88. The van der Waals surface area contributed by atoms with Crippen molar-refractivity contribution in [2.45, 2.75) is 44.2 Å². The van der Waals surface area contributed by atoms with Gasteiger partial charge in [0.15, 0.2) is 0 Å². The molecule has 25 heavy (non-hydrogen) atoms. The van der Waals surface area contributed by atoms with Gasteiger partial charge >= 0.3 is 0 Å². The summed E-state index contributed by atoms with van der Waals surface area (Å²) in [5.41, 5.74) is 0.830. The lowest BCUT2D eigenvalue weighted by Crippen LogP contribution is -2.65. The zero-order valence-corrected chi connectivity index (χ0v) is 13.8. The van der Waals surface area contributed by atoms with E-state index in [9.17, 15) is 19.1 Å². The lowest BCUT2D eigenvalue weighted by Gasteiger charge is -2.55. The first-order chi connectivity index (χ1) is 12.0. The van der Waals surface area contributed by atoms with E-state index in [-0.39, 0.29) is 22.9 Å². The molecule has 6 nitrogen and oxygen atoms in total. The third-order valence-electron chi connectivity index (χ3n) is 5.88. The molecule has 4 rings (SSSR count). The Kier molecular flexibility index (Phi) is 4.00. The number of anilines is 1. The van der Waals surface area contributed by atoms with E-state index >= 15 is 0 Å². The molecule has 1 saturated carbocycles. The highest BCUT2D eigenvalue weighted by molar-refractivity contribution is 5.98. The molecule has 2 aliphatic heterocycles. The van der Waals surface area contributed by atoms with Crippen LogP contribution in [-0.4, -0.2) is 42.3 Å². The lowest BCUT2D eigenvalue weighted by molar-refractivity contribution is -0.145. The fourth-order valence-corrected chi connectivity index (χ4v) is 4.21. The van der Waals surface area contributed by atoms with E-state index in [1.807, 2.05) is 0 Å². The van der Waals surface area contributed by atoms with Gasteiger partial charge < -0.3 is 20.5 Å². The second-order valence-electron chi connectivity index (χ2n) is 7.16. The van der Waals surface area contributed by atoms with Crippen LogP contribution in [0.5, 0.6) is 0 Å². The van der Waals surface area contributed by atoms with E-state index in [4.69, 9.17) is 4.74 Å². The fraction of sp³-hybridized carbons (Fsp3) is 0.556. The van der Waals surface area contributed by atoms with Gasteiger partial charge in [-0.2, -0.15) is 0 Å². The summed E-state index contributed by atoms with van der Waals surface area (Å²) in [4.78, 5) is 24.0. The lowest BCUT2D eigenvalue weighted by atomic mass is 9.58. The number of aliphatic hydroxyl groups is 1. The number of rotatable bonds is 2. The Bertz CT molecular complexity index is 730. The number of aryl methyl sites for hydroxylation is 1. The van der Waals surface area contributed by atoms with Crippen molar-refractivity contribution in [1.82, 2.24) is 5.32 Å². The predicted molar refractivity (Wildman–Crippen MR) is 87.7 cm³/mol. The van der Waals surface area contributed by atoms with Crippen molar-refractivity contribution in [3.63, 3.8) is 0 Å². The standard InChI is InChI=1S/C18H21FN2O4/c19-12-8-13-10(1-2-16(23)20-13)7-11(12)17(24)21-14-9-15(22)18(14)3-5-25-6-4-18/h7-8,14-15,22H,1-6,9H2,(H,20,23)(H,21,24)/t14-,15-/m1/s1. The number of benzene rings is 1. The number of amides is 2. The Balaban J connectivity index is 1.53. The Labute approximate surface area is 144 Å². The molecule has 0 unspecified atom stereocenters. The summed E-state index contributed by atoms with van der Waals surface area (Å²) in [5.74, 6) is -1.27. The molecule has 7 heteroatoms. The Morgan fingerprint density at radius 1 is 1.32 bits per heavy atom. The molecule has 2 amide bonds. The summed E-state index contributed by atoms with van der Waals surface area (Å²) in [6.45, 7) is 1.13. The van der Waals surface area contributed by atoms with Crippen molar-refractivity contribution in [2.24, 2.45) is 5.41 Å². The number of halogens is 1. The molecule has 134 valence electrons.